The van der Waals surface area contributed by atoms with Crippen molar-refractivity contribution in [1.29, 1.82) is 0 Å². The van der Waals surface area contributed by atoms with Crippen LogP contribution in [0, 0.1) is 11.8 Å². The van der Waals surface area contributed by atoms with E-state index in [4.69, 9.17) is 4.74 Å². The number of hydrogen-bond acceptors (Lipinski definition) is 2. The Morgan fingerprint density at radius 1 is 1.26 bits per heavy atom. The molecule has 0 spiro atoms. The number of likely N-dealkylation sites (tertiary alicyclic amines) is 1. The number of nitrogens with zero attached hydrogens (tertiary/aromatic N) is 1. The number of carbonyl (C=O) groups is 1. The van der Waals surface area contributed by atoms with Gasteiger partial charge in [-0.15, -0.1) is 0 Å². The van der Waals surface area contributed by atoms with Crippen LogP contribution in [0.3, 0.4) is 0 Å². The van der Waals surface area contributed by atoms with Crippen molar-refractivity contribution in [3.63, 3.8) is 0 Å². The van der Waals surface area contributed by atoms with Gasteiger partial charge in [-0.25, -0.2) is 9.18 Å². The normalized spacial score (nSPS) is 27.1. The zero-order chi connectivity index (χ0) is 13.8. The number of carbonyl (C=O) groups excluding carboxylic acids is 1. The fraction of sp³-hybridized carbons (Fsp3) is 0.533. The molecule has 104 valence electrons. The molecule has 1 aliphatic rings. The van der Waals surface area contributed by atoms with Gasteiger partial charge in [0.25, 0.3) is 0 Å². The third kappa shape index (κ3) is 3.46. The number of alkyl halides is 1. The van der Waals surface area contributed by atoms with E-state index in [9.17, 15) is 9.18 Å². The number of ether oxygens (including phenoxy) is 1. The van der Waals surface area contributed by atoms with Crippen molar-refractivity contribution in [3.8, 4) is 0 Å². The summed E-state index contributed by atoms with van der Waals surface area (Å²) >= 11 is 0. The van der Waals surface area contributed by atoms with Crippen LogP contribution in [0.1, 0.15) is 19.4 Å². The molecule has 1 amide bonds. The van der Waals surface area contributed by atoms with Gasteiger partial charge in [0.15, 0.2) is 0 Å². The highest BCUT2D eigenvalue weighted by molar-refractivity contribution is 5.67. The summed E-state index contributed by atoms with van der Waals surface area (Å²) in [6.07, 6.45) is -1.19. The summed E-state index contributed by atoms with van der Waals surface area (Å²) in [6, 6.07) is 9.54. The average molecular weight is 265 g/mol. The van der Waals surface area contributed by atoms with Crippen LogP contribution in [0.4, 0.5) is 9.18 Å². The molecule has 4 heteroatoms. The zero-order valence-corrected chi connectivity index (χ0v) is 11.4. The van der Waals surface area contributed by atoms with Crippen LogP contribution in [0.2, 0.25) is 0 Å². The summed E-state index contributed by atoms with van der Waals surface area (Å²) < 4.78 is 18.9. The van der Waals surface area contributed by atoms with Crippen LogP contribution in [-0.2, 0) is 11.3 Å². The monoisotopic (exact) mass is 265 g/mol. The Bertz CT molecular complexity index is 411. The molecule has 3 nitrogen and oxygen atoms in total. The molecule has 1 heterocycles. The number of halogens is 1. The lowest BCUT2D eigenvalue weighted by Gasteiger charge is -2.36. The molecule has 1 aromatic carbocycles. The standard InChI is InChI=1S/C15H20FNO2/c1-11-8-17(9-12(2)14(11)16)15(18)19-10-13-6-4-3-5-7-13/h3-7,11-12,14H,8-10H2,1-2H3. The maximum atomic E-state index is 13.7. The average Bonchev–Trinajstić information content (AvgIpc) is 2.42. The van der Waals surface area contributed by atoms with Gasteiger partial charge in [0.05, 0.1) is 0 Å². The highest BCUT2D eigenvalue weighted by Crippen LogP contribution is 2.25. The molecular formula is C15H20FNO2. The zero-order valence-electron chi connectivity index (χ0n) is 11.4. The SMILES string of the molecule is CC1CN(C(=O)OCc2ccccc2)CC(C)C1F. The molecule has 0 bridgehead atoms. The minimum absolute atomic E-state index is 0.131. The van der Waals surface area contributed by atoms with Gasteiger partial charge < -0.3 is 9.64 Å². The highest BCUT2D eigenvalue weighted by atomic mass is 19.1. The topological polar surface area (TPSA) is 29.5 Å². The number of hydrogen-bond donors (Lipinski definition) is 0. The predicted octanol–water partition coefficient (Wildman–Crippen LogP) is 3.25. The van der Waals surface area contributed by atoms with Crippen molar-refractivity contribution in [2.75, 3.05) is 13.1 Å². The Morgan fingerprint density at radius 3 is 2.42 bits per heavy atom. The van der Waals surface area contributed by atoms with E-state index in [1.165, 1.54) is 0 Å². The summed E-state index contributed by atoms with van der Waals surface area (Å²) in [4.78, 5) is 13.6. The second-order valence-electron chi connectivity index (χ2n) is 5.34. The smallest absolute Gasteiger partial charge is 0.410 e. The van der Waals surface area contributed by atoms with Crippen LogP contribution in [0.5, 0.6) is 0 Å². The molecule has 1 aliphatic heterocycles. The van der Waals surface area contributed by atoms with Gasteiger partial charge in [0.1, 0.15) is 12.8 Å². The molecule has 0 N–H and O–H groups in total. The summed E-state index contributed by atoms with van der Waals surface area (Å²) in [5, 5.41) is 0. The van der Waals surface area contributed by atoms with Crippen LogP contribution in [0.15, 0.2) is 30.3 Å². The molecule has 2 atom stereocenters. The van der Waals surface area contributed by atoms with Gasteiger partial charge in [-0.05, 0) is 5.56 Å². The Kier molecular flexibility index (Phi) is 4.40. The Hall–Kier alpha value is -1.58. The van der Waals surface area contributed by atoms with E-state index < -0.39 is 6.17 Å². The van der Waals surface area contributed by atoms with Crippen LogP contribution in [0.25, 0.3) is 0 Å². The van der Waals surface area contributed by atoms with Crippen molar-refractivity contribution < 1.29 is 13.9 Å². The summed E-state index contributed by atoms with van der Waals surface area (Å²) in [7, 11) is 0. The van der Waals surface area contributed by atoms with Gasteiger partial charge in [0, 0.05) is 24.9 Å². The van der Waals surface area contributed by atoms with E-state index in [1.54, 1.807) is 4.90 Å². The number of benzene rings is 1. The van der Waals surface area contributed by atoms with Gasteiger partial charge >= 0.3 is 6.09 Å². The van der Waals surface area contributed by atoms with Gasteiger partial charge in [-0.2, -0.15) is 0 Å². The van der Waals surface area contributed by atoms with Crippen molar-refractivity contribution in [2.45, 2.75) is 26.6 Å². The lowest BCUT2D eigenvalue weighted by molar-refractivity contribution is 0.0322. The Balaban J connectivity index is 1.87. The van der Waals surface area contributed by atoms with Crippen molar-refractivity contribution in [1.82, 2.24) is 4.90 Å². The van der Waals surface area contributed by atoms with E-state index >= 15 is 0 Å². The first-order chi connectivity index (χ1) is 9.08. The Labute approximate surface area is 113 Å². The van der Waals surface area contributed by atoms with E-state index in [2.05, 4.69) is 0 Å². The first-order valence-corrected chi connectivity index (χ1v) is 6.67. The van der Waals surface area contributed by atoms with E-state index in [1.807, 2.05) is 44.2 Å². The van der Waals surface area contributed by atoms with Crippen LogP contribution in [-0.4, -0.2) is 30.3 Å². The lowest BCUT2D eigenvalue weighted by Crippen LogP contribution is -2.48. The third-order valence-corrected chi connectivity index (χ3v) is 3.57. The summed E-state index contributed by atoms with van der Waals surface area (Å²) in [5.41, 5.74) is 0.956. The first-order valence-electron chi connectivity index (χ1n) is 6.67. The number of rotatable bonds is 2. The molecule has 0 saturated carbocycles. The fourth-order valence-corrected chi connectivity index (χ4v) is 2.49. The maximum absolute atomic E-state index is 13.7. The molecule has 2 rings (SSSR count). The third-order valence-electron chi connectivity index (χ3n) is 3.57. The second kappa shape index (κ2) is 6.04. The molecule has 2 unspecified atom stereocenters. The van der Waals surface area contributed by atoms with Crippen LogP contribution < -0.4 is 0 Å². The number of amides is 1. The minimum atomic E-state index is -0.835. The van der Waals surface area contributed by atoms with Gasteiger partial charge in [0.2, 0.25) is 0 Å². The maximum Gasteiger partial charge on any atom is 0.410 e. The molecule has 1 aromatic rings. The first kappa shape index (κ1) is 13.8. The van der Waals surface area contributed by atoms with Crippen LogP contribution >= 0.6 is 0 Å². The van der Waals surface area contributed by atoms with Gasteiger partial charge in [-0.1, -0.05) is 44.2 Å². The number of piperidine rings is 1. The van der Waals surface area contributed by atoms with Crippen molar-refractivity contribution in [2.24, 2.45) is 11.8 Å². The van der Waals surface area contributed by atoms with E-state index in [-0.39, 0.29) is 24.5 Å². The van der Waals surface area contributed by atoms with Gasteiger partial charge in [-0.3, -0.25) is 0 Å². The van der Waals surface area contributed by atoms with Crippen molar-refractivity contribution >= 4 is 6.09 Å². The molecule has 1 saturated heterocycles. The van der Waals surface area contributed by atoms with E-state index in [0.29, 0.717) is 13.1 Å². The minimum Gasteiger partial charge on any atom is -0.445 e. The molecule has 0 aliphatic carbocycles. The highest BCUT2D eigenvalue weighted by Gasteiger charge is 2.34. The van der Waals surface area contributed by atoms with Crippen molar-refractivity contribution in [3.05, 3.63) is 35.9 Å². The molecule has 19 heavy (non-hydrogen) atoms. The lowest BCUT2D eigenvalue weighted by atomic mass is 9.90. The molecule has 1 fully saturated rings. The molecule has 0 radical (unpaired) electrons. The predicted molar refractivity (Wildman–Crippen MR) is 71.4 cm³/mol. The fourth-order valence-electron chi connectivity index (χ4n) is 2.49. The molecule has 0 aromatic heterocycles. The summed E-state index contributed by atoms with van der Waals surface area (Å²) in [6.45, 7) is 4.78. The summed E-state index contributed by atoms with van der Waals surface area (Å²) in [5.74, 6) is -0.263. The Morgan fingerprint density at radius 2 is 1.84 bits per heavy atom. The quantitative estimate of drug-likeness (QED) is 0.821. The van der Waals surface area contributed by atoms with E-state index in [0.717, 1.165) is 5.56 Å². The molecular weight excluding hydrogens is 245 g/mol. The second-order valence-corrected chi connectivity index (χ2v) is 5.34. The largest absolute Gasteiger partial charge is 0.445 e.